The minimum absolute atomic E-state index is 0.0120. The number of aromatic nitrogens is 2. The van der Waals surface area contributed by atoms with E-state index in [1.165, 1.54) is 77.7 Å². The number of carbonyl (C=O) groups excluding carboxylic acids is 13. The third-order valence-corrected chi connectivity index (χ3v) is 21.3. The van der Waals surface area contributed by atoms with Gasteiger partial charge in [0.15, 0.2) is 0 Å². The monoisotopic (exact) mass is 1620 g/mol. The Morgan fingerprint density at radius 1 is 0.444 bits per heavy atom. The lowest BCUT2D eigenvalue weighted by Crippen LogP contribution is -2.61. The van der Waals surface area contributed by atoms with Crippen molar-refractivity contribution in [3.05, 3.63) is 197 Å². The first-order valence-corrected chi connectivity index (χ1v) is 39.8. The number of rotatable bonds is 17. The molecule has 117 heavy (non-hydrogen) atoms. The summed E-state index contributed by atoms with van der Waals surface area (Å²) in [6, 6.07) is 23.7. The van der Waals surface area contributed by atoms with Crippen LogP contribution in [-0.4, -0.2) is 210 Å². The van der Waals surface area contributed by atoms with Crippen LogP contribution in [0.1, 0.15) is 80.3 Å². The van der Waals surface area contributed by atoms with E-state index in [-0.39, 0.29) is 86.8 Å². The molecule has 2 fully saturated rings. The summed E-state index contributed by atoms with van der Waals surface area (Å²) in [5.74, 6) is -13.8. The highest BCUT2D eigenvalue weighted by Gasteiger charge is 2.42. The number of aromatic amines is 2. The molecule has 33 heteroatoms. The lowest BCUT2D eigenvalue weighted by atomic mass is 9.99. The van der Waals surface area contributed by atoms with Crippen LogP contribution in [0, 0.1) is 11.8 Å². The molecule has 2 aliphatic rings. The van der Waals surface area contributed by atoms with Crippen molar-refractivity contribution in [2.24, 2.45) is 17.6 Å². The number of nitrogens with two attached hydrogens (primary N) is 1. The number of benzene rings is 6. The largest absolute Gasteiger partial charge is 0.508 e. The van der Waals surface area contributed by atoms with E-state index in [9.17, 15) is 63.6 Å². The average Bonchev–Trinajstić information content (AvgIpc) is 1.75. The number of nitrogens with zero attached hydrogens (tertiary/aromatic N) is 1. The average molecular weight is 1620 g/mol. The molecule has 2 aliphatic heterocycles. The molecule has 0 unspecified atom stereocenters. The molecule has 618 valence electrons. The van der Waals surface area contributed by atoms with E-state index >= 15 is 19.2 Å². The van der Waals surface area contributed by atoms with Crippen LogP contribution in [0.2, 0.25) is 0 Å². The van der Waals surface area contributed by atoms with Gasteiger partial charge in [-0.05, 0) is 113 Å². The van der Waals surface area contributed by atoms with Crippen molar-refractivity contribution >= 4 is 110 Å². The molecule has 32 nitrogen and oxygen atoms in total. The predicted octanol–water partition coefficient (Wildman–Crippen LogP) is 1.40. The number of carbonyl (C=O) groups is 13. The number of fused-ring (bicyclic) bond motifs is 3. The van der Waals surface area contributed by atoms with Crippen molar-refractivity contribution in [1.29, 1.82) is 0 Å². The highest BCUT2D eigenvalue weighted by Crippen LogP contribution is 2.26. The molecule has 4 heterocycles. The van der Waals surface area contributed by atoms with Gasteiger partial charge in [0.1, 0.15) is 83.7 Å². The van der Waals surface area contributed by atoms with Gasteiger partial charge >= 0.3 is 0 Å². The highest BCUT2D eigenvalue weighted by molar-refractivity contribution is 8.00. The van der Waals surface area contributed by atoms with Crippen molar-refractivity contribution in [3.63, 3.8) is 0 Å². The van der Waals surface area contributed by atoms with Crippen molar-refractivity contribution in [2.45, 2.75) is 152 Å². The molecule has 0 aliphatic carbocycles. The number of hydrogen-bond donors (Lipinski definition) is 18. The molecule has 11 atom stereocenters. The first-order chi connectivity index (χ1) is 56.1. The van der Waals surface area contributed by atoms with Crippen LogP contribution in [-0.2, 0) is 101 Å². The number of H-pyrrole nitrogens is 2. The zero-order valence-corrected chi connectivity index (χ0v) is 65.8. The first-order valence-electron chi connectivity index (χ1n) is 38.6. The minimum atomic E-state index is -1.81. The maximum Gasteiger partial charge on any atom is 0.246 e. The van der Waals surface area contributed by atoms with Gasteiger partial charge in [-0.2, -0.15) is 0 Å². The fraction of sp³-hybridized carbons (Fsp3) is 0.369. The first kappa shape index (κ1) is 86.6. The van der Waals surface area contributed by atoms with Gasteiger partial charge < -0.3 is 99.5 Å². The number of para-hydroxylation sites is 2. The van der Waals surface area contributed by atoms with E-state index in [1.54, 1.807) is 119 Å². The van der Waals surface area contributed by atoms with E-state index in [4.69, 9.17) is 5.73 Å². The highest BCUT2D eigenvalue weighted by atomic mass is 32.2. The van der Waals surface area contributed by atoms with E-state index in [0.29, 0.717) is 61.6 Å². The maximum atomic E-state index is 15.3. The number of primary amides is 1. The molecular weight excluding hydrogens is 1520 g/mol. The number of nitrogens with one attached hydrogen (secondary N) is 13. The Labute approximate surface area is 678 Å². The number of aromatic hydroxyl groups is 3. The minimum Gasteiger partial charge on any atom is -0.508 e. The smallest absolute Gasteiger partial charge is 0.246 e. The molecule has 19 N–H and O–H groups in total. The lowest BCUT2D eigenvalue weighted by molar-refractivity contribution is -0.142. The lowest BCUT2D eigenvalue weighted by Gasteiger charge is -2.32. The summed E-state index contributed by atoms with van der Waals surface area (Å²) in [6.07, 6.45) is 2.31. The Morgan fingerprint density at radius 2 is 0.855 bits per heavy atom. The van der Waals surface area contributed by atoms with Crippen LogP contribution >= 0.6 is 11.8 Å². The zero-order valence-electron chi connectivity index (χ0n) is 65.0. The number of amides is 13. The number of hydrogen-bond acceptors (Lipinski definition) is 18. The van der Waals surface area contributed by atoms with Crippen LogP contribution in [0.25, 0.3) is 21.8 Å². The normalized spacial score (nSPS) is 22.9. The predicted molar refractivity (Wildman–Crippen MR) is 435 cm³/mol. The number of aliphatic hydroxyl groups is 1. The summed E-state index contributed by atoms with van der Waals surface area (Å²) in [5, 5.41) is 72.4. The van der Waals surface area contributed by atoms with Crippen molar-refractivity contribution in [3.8, 4) is 17.2 Å². The van der Waals surface area contributed by atoms with Crippen molar-refractivity contribution in [1.82, 2.24) is 73.4 Å². The molecule has 0 radical (unpaired) electrons. The summed E-state index contributed by atoms with van der Waals surface area (Å²) in [5.41, 5.74) is 10.2. The summed E-state index contributed by atoms with van der Waals surface area (Å²) < 4.78 is 0. The third-order valence-electron chi connectivity index (χ3n) is 20.3. The molecule has 6 aromatic carbocycles. The summed E-state index contributed by atoms with van der Waals surface area (Å²) in [6.45, 7) is 4.86. The number of phenols is 3. The quantitative estimate of drug-likeness (QED) is 0.0613. The fourth-order valence-corrected chi connectivity index (χ4v) is 14.9. The van der Waals surface area contributed by atoms with E-state index in [0.717, 1.165) is 11.8 Å². The van der Waals surface area contributed by atoms with Crippen LogP contribution in [0.3, 0.4) is 0 Å². The SMILES string of the molecule is CC(C)C[C@@H]1NC(=O)[C@H](Cc2c[nH]c3ccccc23)NC(=O)[C@H](Cc2ccc(O)cc2)NC(=O)[C@H](Cc2c[nH]c3ccccc23)NC(=O)CNC(=O)[C@H](CO)NC(=O)[C@H](Cc2ccc(O)cc2)NC(=O)[C@H](C(C)C)NC(=O)[C@@H]2CCCN2C(=O)[C@H](Cc2ccc(O)cc2)NC(=O)[C@H](Cc2ccccc2)NC(=O)CSC[C@@H](C(N)=O)NC1=O. The van der Waals surface area contributed by atoms with Gasteiger partial charge in [-0.15, -0.1) is 11.8 Å². The Bertz CT molecular complexity index is 4870. The summed E-state index contributed by atoms with van der Waals surface area (Å²) in [4.78, 5) is 198. The van der Waals surface area contributed by atoms with Gasteiger partial charge in [0.2, 0.25) is 76.8 Å². The van der Waals surface area contributed by atoms with Crippen molar-refractivity contribution in [2.75, 3.05) is 31.2 Å². The second-order valence-electron chi connectivity index (χ2n) is 30.0. The summed E-state index contributed by atoms with van der Waals surface area (Å²) in [7, 11) is 0. The second kappa shape index (κ2) is 41.0. The van der Waals surface area contributed by atoms with Gasteiger partial charge in [0.25, 0.3) is 0 Å². The van der Waals surface area contributed by atoms with E-state index in [1.807, 2.05) is 0 Å². The van der Waals surface area contributed by atoms with Crippen molar-refractivity contribution < 1.29 is 82.8 Å². The second-order valence-corrected chi connectivity index (χ2v) is 31.0. The summed E-state index contributed by atoms with van der Waals surface area (Å²) >= 11 is 0.873. The van der Waals surface area contributed by atoms with Gasteiger partial charge in [-0.3, -0.25) is 62.3 Å². The Hall–Kier alpha value is -12.8. The molecule has 2 aromatic heterocycles. The Kier molecular flexibility index (Phi) is 30.3. The Balaban J connectivity index is 0.993. The number of thioether (sulfide) groups is 1. The number of phenolic OH excluding ortho intramolecular Hbond substituents is 3. The van der Waals surface area contributed by atoms with Gasteiger partial charge in [0.05, 0.1) is 18.9 Å². The van der Waals surface area contributed by atoms with Crippen LogP contribution < -0.4 is 64.2 Å². The maximum absolute atomic E-state index is 15.3. The third kappa shape index (κ3) is 24.4. The molecule has 2 saturated heterocycles. The Morgan fingerprint density at radius 3 is 1.34 bits per heavy atom. The van der Waals surface area contributed by atoms with Crippen LogP contribution in [0.4, 0.5) is 0 Å². The van der Waals surface area contributed by atoms with E-state index in [2.05, 4.69) is 68.5 Å². The van der Waals surface area contributed by atoms with E-state index < -0.39 is 168 Å². The van der Waals surface area contributed by atoms with Gasteiger partial charge in [0, 0.05) is 85.0 Å². The molecular formula is C84H99N15O17S. The standard InChI is InChI=1S/C84H99N15O17S/c1-46(2)33-61-76(108)97-69(74(85)106)44-117-45-72(105)90-62(34-48-13-6-5-7-14-48)77(109)95-67(37-51-24-30-56(103)31-25-51)84(116)99-32-12-19-70(99)82(114)98-73(47(3)4)83(115)94-64(36-50-22-28-55(102)29-23-50)79(111)96-68(43-100)75(107)88-42-71(104)89-65(38-52-40-86-59-17-10-8-15-57(52)59)80(112)92-63(35-49-20-26-54(101)27-21-49)78(110)93-66(81(113)91-61)39-53-41-87-60-18-11-9-16-58(53)60/h5-11,13-18,20-31,40-41,46-47,61-70,73,86-87,100-103H,12,19,32-39,42-45H2,1-4H3,(H2,85,106)(H,88,107)(H,89,104)(H,90,105)(H,91,113)(H,92,112)(H,93,110)(H,94,115)(H,95,109)(H,96,111)(H,97,108)(H,98,114)/t61-,62-,63-,64-,65-,66-,67-,68-,69-,70-,73-/m0/s1. The molecule has 10 rings (SSSR count). The van der Waals surface area contributed by atoms with Gasteiger partial charge in [-0.1, -0.05) is 131 Å². The fourth-order valence-electron chi connectivity index (χ4n) is 14.1. The van der Waals surface area contributed by atoms with Gasteiger partial charge in [-0.25, -0.2) is 0 Å². The molecule has 0 saturated carbocycles. The zero-order chi connectivity index (χ0) is 84.0. The molecule has 0 bridgehead atoms. The topological polar surface area (TPSA) is 496 Å². The number of aliphatic hydroxyl groups excluding tert-OH is 1. The van der Waals surface area contributed by atoms with Crippen LogP contribution in [0.5, 0.6) is 17.2 Å². The molecule has 13 amide bonds. The molecule has 8 aromatic rings. The molecule has 0 spiro atoms. The van der Waals surface area contributed by atoms with Crippen LogP contribution in [0.15, 0.2) is 164 Å².